The summed E-state index contributed by atoms with van der Waals surface area (Å²) >= 11 is 9.82. The zero-order valence-corrected chi connectivity index (χ0v) is 22.6. The van der Waals surface area contributed by atoms with E-state index < -0.39 is 28.2 Å². The van der Waals surface area contributed by atoms with Crippen molar-refractivity contribution < 1.29 is 19.2 Å². The van der Waals surface area contributed by atoms with Crippen LogP contribution in [0.15, 0.2) is 34.1 Å². The summed E-state index contributed by atoms with van der Waals surface area (Å²) in [6.07, 6.45) is 3.38. The maximum absolute atomic E-state index is 13.1. The zero-order valence-electron chi connectivity index (χ0n) is 19.4. The van der Waals surface area contributed by atoms with Crippen LogP contribution in [-0.2, 0) is 20.9 Å². The summed E-state index contributed by atoms with van der Waals surface area (Å²) in [5.41, 5.74) is 5.76. The van der Waals surface area contributed by atoms with Gasteiger partial charge in [0.15, 0.2) is 0 Å². The van der Waals surface area contributed by atoms with Crippen LogP contribution in [0, 0.1) is 17.8 Å². The van der Waals surface area contributed by atoms with Gasteiger partial charge in [0.05, 0.1) is 5.03 Å². The second-order valence-electron chi connectivity index (χ2n) is 9.83. The molecule has 0 unspecified atom stereocenters. The third-order valence-electron chi connectivity index (χ3n) is 7.70. The van der Waals surface area contributed by atoms with E-state index in [1.165, 1.54) is 35.2 Å². The summed E-state index contributed by atoms with van der Waals surface area (Å²) in [7, 11) is 0. The number of hydrogen-bond acceptors (Lipinski definition) is 8. The molecule has 2 saturated carbocycles. The molecule has 3 N–H and O–H groups in total. The van der Waals surface area contributed by atoms with Gasteiger partial charge in [-0.1, -0.05) is 46.8 Å². The van der Waals surface area contributed by atoms with Crippen LogP contribution in [-0.4, -0.2) is 38.0 Å². The molecule has 6 rings (SSSR count). The van der Waals surface area contributed by atoms with Crippen LogP contribution in [0.25, 0.3) is 0 Å². The Morgan fingerprint density at radius 3 is 2.49 bits per heavy atom. The highest BCUT2D eigenvalue weighted by Crippen LogP contribution is 2.64. The molecule has 2 aliphatic carbocycles. The molecule has 3 fully saturated rings. The van der Waals surface area contributed by atoms with E-state index in [-0.39, 0.29) is 23.8 Å². The predicted molar refractivity (Wildman–Crippen MR) is 142 cm³/mol. The zero-order chi connectivity index (χ0) is 25.8. The van der Waals surface area contributed by atoms with Crippen molar-refractivity contribution in [3.05, 3.63) is 49.4 Å². The molecular weight excluding hydrogens is 556 g/mol. The molecule has 1 aromatic carbocycles. The normalized spacial score (nSPS) is 29.5. The number of aromatic nitrogens is 1. The molecule has 3 heterocycles. The fourth-order valence-corrected chi connectivity index (χ4v) is 10.3. The summed E-state index contributed by atoms with van der Waals surface area (Å²) in [5, 5.41) is 2.69. The van der Waals surface area contributed by atoms with Crippen molar-refractivity contribution in [3.63, 3.8) is 0 Å². The number of fused-ring (bicyclic) bond motifs is 6. The standard InChI is InChI=1S/C24H23ClN4O5S3/c25-13-5-3-10(4-6-13)17-18-11-1-2-12(7-11)19(18)36-22-20(17)37-24(34)29(22)9-16(31)28-27-15(30)8-14-21(32)26-23(33)35-14/h3-6,11-12,14,17-19H,1-2,7-9H2,(H,27,30)(H,28,31)(H,26,32,33)/t11-,12-,14+,17+,18-,19+/m1/s1. The highest BCUT2D eigenvalue weighted by molar-refractivity contribution is 8.15. The molecule has 37 heavy (non-hydrogen) atoms. The van der Waals surface area contributed by atoms with Crippen molar-refractivity contribution in [3.8, 4) is 0 Å². The van der Waals surface area contributed by atoms with Crippen molar-refractivity contribution in [2.45, 2.75) is 53.7 Å². The minimum Gasteiger partial charge on any atom is -0.286 e. The molecule has 4 amide bonds. The van der Waals surface area contributed by atoms with Gasteiger partial charge in [-0.25, -0.2) is 0 Å². The third-order valence-corrected chi connectivity index (χ3v) is 11.8. The first-order valence-electron chi connectivity index (χ1n) is 12.0. The topological polar surface area (TPSA) is 126 Å². The van der Waals surface area contributed by atoms with E-state index >= 15 is 0 Å². The number of halogens is 1. The number of carbonyl (C=O) groups excluding carboxylic acids is 4. The first-order valence-corrected chi connectivity index (χ1v) is 15.0. The second kappa shape index (κ2) is 9.79. The Hall–Kier alpha value is -2.28. The molecule has 4 aliphatic rings. The lowest BCUT2D eigenvalue weighted by molar-refractivity contribution is -0.130. The van der Waals surface area contributed by atoms with Gasteiger partial charge in [0.25, 0.3) is 11.1 Å². The van der Waals surface area contributed by atoms with E-state index in [1.54, 1.807) is 11.8 Å². The number of amides is 4. The molecule has 9 nitrogen and oxygen atoms in total. The summed E-state index contributed by atoms with van der Waals surface area (Å²) < 4.78 is 1.51. The van der Waals surface area contributed by atoms with Crippen LogP contribution in [0.4, 0.5) is 4.79 Å². The van der Waals surface area contributed by atoms with Crippen molar-refractivity contribution >= 4 is 69.4 Å². The summed E-state index contributed by atoms with van der Waals surface area (Å²) in [4.78, 5) is 61.7. The molecule has 13 heteroatoms. The maximum Gasteiger partial charge on any atom is 0.308 e. The number of thiazole rings is 1. The van der Waals surface area contributed by atoms with Crippen LogP contribution in [0.3, 0.4) is 0 Å². The van der Waals surface area contributed by atoms with Gasteiger partial charge in [0, 0.05) is 27.5 Å². The molecule has 1 aromatic heterocycles. The highest BCUT2D eigenvalue weighted by atomic mass is 35.5. The first-order chi connectivity index (χ1) is 17.8. The average molecular weight is 579 g/mol. The molecule has 0 radical (unpaired) electrons. The minimum absolute atomic E-state index is 0.0910. The van der Waals surface area contributed by atoms with E-state index in [1.807, 2.05) is 24.3 Å². The van der Waals surface area contributed by atoms with Gasteiger partial charge in [0.2, 0.25) is 11.8 Å². The van der Waals surface area contributed by atoms with Crippen LogP contribution in [0.1, 0.15) is 42.0 Å². The fraction of sp³-hybridized carbons (Fsp3) is 0.458. The Kier molecular flexibility index (Phi) is 6.62. The van der Waals surface area contributed by atoms with Gasteiger partial charge in [0.1, 0.15) is 11.8 Å². The van der Waals surface area contributed by atoms with Crippen molar-refractivity contribution in [2.24, 2.45) is 17.8 Å². The van der Waals surface area contributed by atoms with Crippen LogP contribution in [0.5, 0.6) is 0 Å². The lowest BCUT2D eigenvalue weighted by atomic mass is 9.75. The SMILES string of the molecule is O=C(C[C@@H]1SC(=O)NC1=O)NNC(=O)Cn1c2c(sc1=O)[C@@H](c1ccc(Cl)cc1)[C@H]1[C@@H]3CC[C@H](C3)[C@@H]1S2. The van der Waals surface area contributed by atoms with Gasteiger partial charge in [-0.05, 0) is 54.7 Å². The van der Waals surface area contributed by atoms with Gasteiger partial charge in [-0.2, -0.15) is 0 Å². The summed E-state index contributed by atoms with van der Waals surface area (Å²) in [6.45, 7) is -0.228. The number of imide groups is 1. The summed E-state index contributed by atoms with van der Waals surface area (Å²) in [6, 6.07) is 7.87. The Labute approximate surface area is 229 Å². The molecule has 2 aliphatic heterocycles. The Balaban J connectivity index is 1.20. The Morgan fingerprint density at radius 1 is 1.03 bits per heavy atom. The number of benzene rings is 1. The molecule has 1 saturated heterocycles. The molecule has 194 valence electrons. The average Bonchev–Trinajstić information content (AvgIpc) is 3.62. The maximum atomic E-state index is 13.1. The predicted octanol–water partition coefficient (Wildman–Crippen LogP) is 3.10. The number of thioether (sulfide) groups is 2. The van der Waals surface area contributed by atoms with E-state index in [4.69, 9.17) is 11.6 Å². The van der Waals surface area contributed by atoms with Crippen LogP contribution >= 0.6 is 46.5 Å². The van der Waals surface area contributed by atoms with E-state index in [2.05, 4.69) is 16.2 Å². The number of rotatable bonds is 5. The van der Waals surface area contributed by atoms with Gasteiger partial charge in [-0.15, -0.1) is 11.8 Å². The van der Waals surface area contributed by atoms with Gasteiger partial charge >= 0.3 is 4.87 Å². The van der Waals surface area contributed by atoms with Crippen LogP contribution < -0.4 is 21.0 Å². The fourth-order valence-electron chi connectivity index (χ4n) is 6.20. The molecule has 2 bridgehead atoms. The lowest BCUT2D eigenvalue weighted by Crippen LogP contribution is -2.45. The third kappa shape index (κ3) is 4.62. The number of hydrazine groups is 1. The number of carbonyl (C=O) groups is 4. The van der Waals surface area contributed by atoms with E-state index in [0.29, 0.717) is 28.0 Å². The van der Waals surface area contributed by atoms with E-state index in [9.17, 15) is 24.0 Å². The first kappa shape index (κ1) is 25.0. The van der Waals surface area contributed by atoms with Gasteiger partial charge in [-0.3, -0.25) is 44.7 Å². The quantitative estimate of drug-likeness (QED) is 0.465. The second-order valence-corrected chi connectivity index (χ2v) is 13.6. The van der Waals surface area contributed by atoms with E-state index in [0.717, 1.165) is 27.2 Å². The monoisotopic (exact) mass is 578 g/mol. The summed E-state index contributed by atoms with van der Waals surface area (Å²) in [5.74, 6) is 0.113. The highest BCUT2D eigenvalue weighted by Gasteiger charge is 2.55. The Bertz CT molecular complexity index is 1360. The minimum atomic E-state index is -0.827. The van der Waals surface area contributed by atoms with Gasteiger partial charge < -0.3 is 0 Å². The Morgan fingerprint density at radius 2 is 1.76 bits per heavy atom. The molecule has 6 atom stereocenters. The largest absolute Gasteiger partial charge is 0.308 e. The number of nitrogens with one attached hydrogen (secondary N) is 3. The molecular formula is C24H23ClN4O5S3. The van der Waals surface area contributed by atoms with Crippen molar-refractivity contribution in [2.75, 3.05) is 0 Å². The molecule has 2 aromatic rings. The lowest BCUT2D eigenvalue weighted by Gasteiger charge is -2.40. The van der Waals surface area contributed by atoms with Crippen molar-refractivity contribution in [1.82, 2.24) is 20.7 Å². The van der Waals surface area contributed by atoms with Crippen molar-refractivity contribution in [1.29, 1.82) is 0 Å². The smallest absolute Gasteiger partial charge is 0.286 e. The van der Waals surface area contributed by atoms with Crippen LogP contribution in [0.2, 0.25) is 5.02 Å². The number of hydrogen-bond donors (Lipinski definition) is 3. The molecule has 0 spiro atoms. The number of nitrogens with zero attached hydrogens (tertiary/aromatic N) is 1.